The van der Waals surface area contributed by atoms with Crippen molar-refractivity contribution < 1.29 is 9.59 Å². The highest BCUT2D eigenvalue weighted by molar-refractivity contribution is 6.01. The van der Waals surface area contributed by atoms with Gasteiger partial charge in [0.25, 0.3) is 5.91 Å². The van der Waals surface area contributed by atoms with E-state index in [1.165, 1.54) is 0 Å². The third-order valence-corrected chi connectivity index (χ3v) is 6.11. The van der Waals surface area contributed by atoms with E-state index < -0.39 is 0 Å². The van der Waals surface area contributed by atoms with Gasteiger partial charge in [-0.3, -0.25) is 14.3 Å². The van der Waals surface area contributed by atoms with Gasteiger partial charge in [-0.05, 0) is 52.9 Å². The Hall–Kier alpha value is -4.19. The lowest BCUT2D eigenvalue weighted by molar-refractivity contribution is -0.117. The molecule has 170 valence electrons. The molecule has 5 rings (SSSR count). The molecule has 6 nitrogen and oxygen atoms in total. The zero-order valence-electron chi connectivity index (χ0n) is 18.9. The summed E-state index contributed by atoms with van der Waals surface area (Å²) in [5, 5.41) is 7.28. The Kier molecular flexibility index (Phi) is 6.21. The second-order valence-corrected chi connectivity index (χ2v) is 8.44. The summed E-state index contributed by atoms with van der Waals surface area (Å²) in [5.74, 6) is 0.0575. The number of hydrogen-bond donors (Lipinski definition) is 1. The molecule has 6 heteroatoms. The van der Waals surface area contributed by atoms with E-state index in [2.05, 4.69) is 22.5 Å². The lowest BCUT2D eigenvalue weighted by Crippen LogP contribution is -2.24. The van der Waals surface area contributed by atoms with Crippen molar-refractivity contribution in [1.29, 1.82) is 0 Å². The molecule has 0 radical (unpaired) electrons. The van der Waals surface area contributed by atoms with Crippen molar-refractivity contribution in [2.75, 3.05) is 11.4 Å². The van der Waals surface area contributed by atoms with E-state index in [-0.39, 0.29) is 11.8 Å². The standard InChI is InChI=1S/C28H26N4O2/c33-27-7-3-18-32(27)24-14-10-21(11-15-24)19-29-28(34)26-6-2-1-5-25(26)23-12-8-22(9-13-23)20-31-17-4-16-30-31/h1-2,4-6,8-17H,3,7,18-20H2,(H,29,34). The molecule has 0 unspecified atom stereocenters. The van der Waals surface area contributed by atoms with Crippen LogP contribution in [0.5, 0.6) is 0 Å². The van der Waals surface area contributed by atoms with Crippen molar-refractivity contribution in [3.63, 3.8) is 0 Å². The number of rotatable bonds is 7. The fraction of sp³-hybridized carbons (Fsp3) is 0.179. The second kappa shape index (κ2) is 9.75. The summed E-state index contributed by atoms with van der Waals surface area (Å²) < 4.78 is 1.88. The van der Waals surface area contributed by atoms with Crippen LogP contribution in [0.25, 0.3) is 11.1 Å². The van der Waals surface area contributed by atoms with Gasteiger partial charge in [-0.25, -0.2) is 0 Å². The summed E-state index contributed by atoms with van der Waals surface area (Å²) in [6, 6.07) is 25.6. The van der Waals surface area contributed by atoms with E-state index in [1.807, 2.05) is 82.5 Å². The van der Waals surface area contributed by atoms with Crippen LogP contribution in [0.1, 0.15) is 34.3 Å². The Balaban J connectivity index is 1.25. The number of carbonyl (C=O) groups excluding carboxylic acids is 2. The molecule has 0 bridgehead atoms. The molecule has 1 aromatic heterocycles. The third-order valence-electron chi connectivity index (χ3n) is 6.11. The van der Waals surface area contributed by atoms with Crippen LogP contribution in [0.3, 0.4) is 0 Å². The average Bonchev–Trinajstić information content (AvgIpc) is 3.55. The van der Waals surface area contributed by atoms with E-state index >= 15 is 0 Å². The van der Waals surface area contributed by atoms with Crippen LogP contribution in [0.2, 0.25) is 0 Å². The van der Waals surface area contributed by atoms with Crippen LogP contribution in [-0.4, -0.2) is 28.1 Å². The van der Waals surface area contributed by atoms with Crippen molar-refractivity contribution in [2.45, 2.75) is 25.9 Å². The fourth-order valence-corrected chi connectivity index (χ4v) is 4.30. The van der Waals surface area contributed by atoms with Gasteiger partial charge in [-0.2, -0.15) is 5.10 Å². The van der Waals surface area contributed by atoms with Crippen molar-refractivity contribution in [3.8, 4) is 11.1 Å². The predicted octanol–water partition coefficient (Wildman–Crippen LogP) is 4.66. The fourth-order valence-electron chi connectivity index (χ4n) is 4.30. The van der Waals surface area contributed by atoms with Crippen molar-refractivity contribution in [1.82, 2.24) is 15.1 Å². The quantitative estimate of drug-likeness (QED) is 0.446. The summed E-state index contributed by atoms with van der Waals surface area (Å²) in [6.07, 6.45) is 5.23. The third kappa shape index (κ3) is 4.76. The topological polar surface area (TPSA) is 67.2 Å². The Morgan fingerprint density at radius 2 is 1.68 bits per heavy atom. The Morgan fingerprint density at radius 3 is 2.38 bits per heavy atom. The first-order valence-corrected chi connectivity index (χ1v) is 11.5. The van der Waals surface area contributed by atoms with E-state index in [0.717, 1.165) is 40.9 Å². The molecule has 2 amide bonds. The van der Waals surface area contributed by atoms with E-state index in [4.69, 9.17) is 0 Å². The smallest absolute Gasteiger partial charge is 0.252 e. The maximum Gasteiger partial charge on any atom is 0.252 e. The number of carbonyl (C=O) groups is 2. The molecule has 34 heavy (non-hydrogen) atoms. The van der Waals surface area contributed by atoms with Crippen LogP contribution < -0.4 is 10.2 Å². The highest BCUT2D eigenvalue weighted by Gasteiger charge is 2.21. The van der Waals surface area contributed by atoms with Crippen molar-refractivity contribution in [2.24, 2.45) is 0 Å². The molecule has 1 fully saturated rings. The van der Waals surface area contributed by atoms with Gasteiger partial charge in [0, 0.05) is 43.2 Å². The minimum absolute atomic E-state index is 0.116. The van der Waals surface area contributed by atoms with Crippen LogP contribution in [0, 0.1) is 0 Å². The van der Waals surface area contributed by atoms with E-state index in [1.54, 1.807) is 6.20 Å². The lowest BCUT2D eigenvalue weighted by atomic mass is 9.98. The molecule has 1 N–H and O–H groups in total. The van der Waals surface area contributed by atoms with Gasteiger partial charge in [0.1, 0.15) is 0 Å². The zero-order valence-corrected chi connectivity index (χ0v) is 18.9. The molecule has 0 atom stereocenters. The number of anilines is 1. The van der Waals surface area contributed by atoms with Crippen LogP contribution in [0.15, 0.2) is 91.3 Å². The Bertz CT molecular complexity index is 1280. The molecule has 0 aliphatic carbocycles. The summed E-state index contributed by atoms with van der Waals surface area (Å²) in [4.78, 5) is 26.8. The van der Waals surface area contributed by atoms with Gasteiger partial charge in [-0.15, -0.1) is 0 Å². The average molecular weight is 451 g/mol. The first kappa shape index (κ1) is 21.6. The highest BCUT2D eigenvalue weighted by Crippen LogP contribution is 2.25. The number of benzene rings is 3. The maximum atomic E-state index is 13.0. The first-order valence-electron chi connectivity index (χ1n) is 11.5. The highest BCUT2D eigenvalue weighted by atomic mass is 16.2. The number of amides is 2. The van der Waals surface area contributed by atoms with Gasteiger partial charge in [-0.1, -0.05) is 54.6 Å². The van der Waals surface area contributed by atoms with Gasteiger partial charge >= 0.3 is 0 Å². The van der Waals surface area contributed by atoms with E-state index in [9.17, 15) is 9.59 Å². The Labute approximate surface area is 198 Å². The number of hydrogen-bond acceptors (Lipinski definition) is 3. The van der Waals surface area contributed by atoms with Gasteiger partial charge in [0.2, 0.25) is 5.91 Å². The van der Waals surface area contributed by atoms with Gasteiger partial charge < -0.3 is 10.2 Å². The van der Waals surface area contributed by atoms with E-state index in [0.29, 0.717) is 25.1 Å². The van der Waals surface area contributed by atoms with Crippen molar-refractivity contribution in [3.05, 3.63) is 108 Å². The Morgan fingerprint density at radius 1 is 0.912 bits per heavy atom. The van der Waals surface area contributed by atoms with Gasteiger partial charge in [0.05, 0.1) is 6.54 Å². The molecule has 3 aromatic carbocycles. The van der Waals surface area contributed by atoms with Gasteiger partial charge in [0.15, 0.2) is 0 Å². The SMILES string of the molecule is O=C(NCc1ccc(N2CCCC2=O)cc1)c1ccccc1-c1ccc(Cn2cccn2)cc1. The molecule has 0 spiro atoms. The number of aromatic nitrogens is 2. The summed E-state index contributed by atoms with van der Waals surface area (Å²) in [6.45, 7) is 1.90. The normalized spacial score (nSPS) is 13.3. The van der Waals surface area contributed by atoms with Crippen LogP contribution in [-0.2, 0) is 17.9 Å². The van der Waals surface area contributed by atoms with Crippen LogP contribution >= 0.6 is 0 Å². The summed E-state index contributed by atoms with van der Waals surface area (Å²) in [7, 11) is 0. The monoisotopic (exact) mass is 450 g/mol. The summed E-state index contributed by atoms with van der Waals surface area (Å²) >= 11 is 0. The maximum absolute atomic E-state index is 13.0. The van der Waals surface area contributed by atoms with Crippen LogP contribution in [0.4, 0.5) is 5.69 Å². The minimum Gasteiger partial charge on any atom is -0.348 e. The molecule has 1 aliphatic rings. The number of nitrogens with zero attached hydrogens (tertiary/aromatic N) is 3. The molecule has 1 aliphatic heterocycles. The number of nitrogens with one attached hydrogen (secondary N) is 1. The molecular formula is C28H26N4O2. The summed E-state index contributed by atoms with van der Waals surface area (Å²) in [5.41, 5.74) is 5.58. The molecular weight excluding hydrogens is 424 g/mol. The minimum atomic E-state index is -0.116. The molecule has 4 aromatic rings. The van der Waals surface area contributed by atoms with Crippen molar-refractivity contribution >= 4 is 17.5 Å². The molecule has 0 saturated carbocycles. The molecule has 1 saturated heterocycles. The largest absolute Gasteiger partial charge is 0.348 e. The molecule has 2 heterocycles. The lowest BCUT2D eigenvalue weighted by Gasteiger charge is -2.16. The second-order valence-electron chi connectivity index (χ2n) is 8.44. The zero-order chi connectivity index (χ0) is 23.3. The first-order chi connectivity index (χ1) is 16.7. The predicted molar refractivity (Wildman–Crippen MR) is 132 cm³/mol.